The number of urea groups is 1. The molecule has 1 aromatic heterocycles. The van der Waals surface area contributed by atoms with Gasteiger partial charge in [-0.25, -0.2) is 17.9 Å². The van der Waals surface area contributed by atoms with Crippen molar-refractivity contribution >= 4 is 33.2 Å². The number of nitrogens with zero attached hydrogens (tertiary/aromatic N) is 4. The van der Waals surface area contributed by atoms with E-state index in [1.165, 1.54) is 0 Å². The van der Waals surface area contributed by atoms with E-state index in [4.69, 9.17) is 11.6 Å². The molecule has 0 radical (unpaired) electrons. The molecular formula is C16H20ClN5O3S. The number of sulfone groups is 1. The van der Waals surface area contributed by atoms with Crippen LogP contribution in [0.1, 0.15) is 24.4 Å². The van der Waals surface area contributed by atoms with Crippen molar-refractivity contribution in [2.45, 2.75) is 24.6 Å². The summed E-state index contributed by atoms with van der Waals surface area (Å²) in [6, 6.07) is 4.73. The van der Waals surface area contributed by atoms with Gasteiger partial charge in [-0.05, 0) is 30.5 Å². The summed E-state index contributed by atoms with van der Waals surface area (Å²) in [7, 11) is -3.17. The molecule has 3 rings (SSSR count). The first-order chi connectivity index (χ1) is 12.3. The third-order valence-electron chi connectivity index (χ3n) is 4.22. The fourth-order valence-corrected chi connectivity index (χ4v) is 4.14. The Hall–Kier alpha value is -2.13. The molecule has 1 atom stereocenters. The van der Waals surface area contributed by atoms with E-state index in [-0.39, 0.29) is 17.8 Å². The highest BCUT2D eigenvalue weighted by Gasteiger charge is 2.25. The van der Waals surface area contributed by atoms with Crippen molar-refractivity contribution in [3.05, 3.63) is 41.2 Å². The number of halogens is 1. The fourth-order valence-electron chi connectivity index (χ4n) is 2.99. The van der Waals surface area contributed by atoms with Crippen LogP contribution < -0.4 is 5.32 Å². The Morgan fingerprint density at radius 1 is 1.42 bits per heavy atom. The van der Waals surface area contributed by atoms with Crippen molar-refractivity contribution < 1.29 is 13.2 Å². The summed E-state index contributed by atoms with van der Waals surface area (Å²) in [5.74, 6) is -0.133. The minimum absolute atomic E-state index is 0.109. The van der Waals surface area contributed by atoms with E-state index in [1.54, 1.807) is 40.2 Å². The number of hydrogen-bond donors (Lipinski definition) is 1. The van der Waals surface area contributed by atoms with Gasteiger partial charge in [0.2, 0.25) is 0 Å². The lowest BCUT2D eigenvalue weighted by Gasteiger charge is -2.32. The maximum Gasteiger partial charge on any atom is 0.321 e. The Bertz CT molecular complexity index is 885. The number of rotatable bonds is 4. The number of anilines is 1. The zero-order chi connectivity index (χ0) is 18.7. The molecule has 2 amide bonds. The molecule has 1 fully saturated rings. The molecule has 8 nitrogen and oxygen atoms in total. The largest absolute Gasteiger partial charge is 0.322 e. The summed E-state index contributed by atoms with van der Waals surface area (Å²) >= 11 is 6.15. The zero-order valence-electron chi connectivity index (χ0n) is 14.3. The predicted molar refractivity (Wildman–Crippen MR) is 98.9 cm³/mol. The number of nitrogens with one attached hydrogen (secondary N) is 1. The highest BCUT2D eigenvalue weighted by Crippen LogP contribution is 2.24. The van der Waals surface area contributed by atoms with Crippen LogP contribution in [0, 0.1) is 0 Å². The first-order valence-corrected chi connectivity index (χ1v) is 10.6. The first kappa shape index (κ1) is 18.7. The lowest BCUT2D eigenvalue weighted by Crippen LogP contribution is -2.43. The van der Waals surface area contributed by atoms with Gasteiger partial charge < -0.3 is 10.2 Å². The number of benzene rings is 1. The average Bonchev–Trinajstić information content (AvgIpc) is 3.11. The van der Waals surface area contributed by atoms with Gasteiger partial charge >= 0.3 is 6.03 Å². The van der Waals surface area contributed by atoms with Gasteiger partial charge in [0, 0.05) is 36.3 Å². The van der Waals surface area contributed by atoms with Crippen LogP contribution in [0.3, 0.4) is 0 Å². The van der Waals surface area contributed by atoms with Gasteiger partial charge in [0.25, 0.3) is 0 Å². The topological polar surface area (TPSA) is 97.2 Å². The molecule has 1 N–H and O–H groups in total. The second kappa shape index (κ2) is 7.63. The molecule has 10 heteroatoms. The molecule has 0 saturated carbocycles. The van der Waals surface area contributed by atoms with E-state index in [2.05, 4.69) is 15.6 Å². The lowest BCUT2D eigenvalue weighted by atomic mass is 10.1. The normalized spacial score (nSPS) is 17.9. The average molecular weight is 398 g/mol. The summed E-state index contributed by atoms with van der Waals surface area (Å²) in [6.45, 7) is 1.21. The van der Waals surface area contributed by atoms with E-state index in [9.17, 15) is 13.2 Å². The van der Waals surface area contributed by atoms with Gasteiger partial charge in [0.1, 0.15) is 0 Å². The Balaban J connectivity index is 1.65. The third-order valence-corrected chi connectivity index (χ3v) is 5.41. The number of likely N-dealkylation sites (tertiary alicyclic amines) is 1. The lowest BCUT2D eigenvalue weighted by molar-refractivity contribution is 0.174. The van der Waals surface area contributed by atoms with Gasteiger partial charge in [0.05, 0.1) is 18.0 Å². The van der Waals surface area contributed by atoms with Gasteiger partial charge in [-0.1, -0.05) is 22.9 Å². The second-order valence-corrected chi connectivity index (χ2v) is 8.98. The summed E-state index contributed by atoms with van der Waals surface area (Å²) in [4.78, 5) is 14.3. The number of amides is 2. The molecule has 2 aromatic rings. The molecule has 1 aliphatic heterocycles. The maximum absolute atomic E-state index is 12.5. The van der Waals surface area contributed by atoms with Crippen LogP contribution in [0.15, 0.2) is 30.6 Å². The number of carbonyl (C=O) groups excluding carboxylic acids is 1. The van der Waals surface area contributed by atoms with Crippen LogP contribution in [-0.4, -0.2) is 53.7 Å². The molecule has 0 aliphatic carbocycles. The fraction of sp³-hybridized carbons (Fsp3) is 0.438. The van der Waals surface area contributed by atoms with Crippen LogP contribution in [0.4, 0.5) is 10.5 Å². The Labute approximate surface area is 157 Å². The van der Waals surface area contributed by atoms with Crippen molar-refractivity contribution in [1.82, 2.24) is 19.9 Å². The smallest absolute Gasteiger partial charge is 0.321 e. The highest BCUT2D eigenvalue weighted by atomic mass is 35.5. The minimum atomic E-state index is -3.17. The van der Waals surface area contributed by atoms with Crippen molar-refractivity contribution in [1.29, 1.82) is 0 Å². The van der Waals surface area contributed by atoms with Crippen LogP contribution >= 0.6 is 11.6 Å². The molecule has 1 unspecified atom stereocenters. The SMILES string of the molecule is CS(=O)(=O)Cc1ccc(NC(=O)N2CCCC(n3ccnn3)C2)cc1Cl. The zero-order valence-corrected chi connectivity index (χ0v) is 15.9. The summed E-state index contributed by atoms with van der Waals surface area (Å²) < 4.78 is 24.6. The van der Waals surface area contributed by atoms with Crippen molar-refractivity contribution in [2.24, 2.45) is 0 Å². The Kier molecular flexibility index (Phi) is 5.47. The molecule has 0 spiro atoms. The molecule has 1 aliphatic rings. The standard InChI is InChI=1S/C16H20ClN5O3S/c1-26(24,25)11-12-4-5-13(9-15(12)17)19-16(23)21-7-2-3-14(10-21)22-8-6-18-20-22/h4-6,8-9,14H,2-3,7,10-11H2,1H3,(H,19,23). The van der Waals surface area contributed by atoms with Crippen LogP contribution in [-0.2, 0) is 15.6 Å². The quantitative estimate of drug-likeness (QED) is 0.853. The van der Waals surface area contributed by atoms with Crippen LogP contribution in [0.25, 0.3) is 0 Å². The minimum Gasteiger partial charge on any atom is -0.322 e. The van der Waals surface area contributed by atoms with Crippen LogP contribution in [0.2, 0.25) is 5.02 Å². The van der Waals surface area contributed by atoms with E-state index >= 15 is 0 Å². The number of aromatic nitrogens is 3. The van der Waals surface area contributed by atoms with Gasteiger partial charge in [-0.2, -0.15) is 0 Å². The van der Waals surface area contributed by atoms with Gasteiger partial charge in [-0.3, -0.25) is 0 Å². The molecule has 2 heterocycles. The Morgan fingerprint density at radius 2 is 2.23 bits per heavy atom. The number of hydrogen-bond acceptors (Lipinski definition) is 5. The summed E-state index contributed by atoms with van der Waals surface area (Å²) in [5, 5.41) is 11.0. The molecule has 1 saturated heterocycles. The maximum atomic E-state index is 12.5. The molecule has 140 valence electrons. The highest BCUT2D eigenvalue weighted by molar-refractivity contribution is 7.89. The van der Waals surface area contributed by atoms with E-state index in [0.717, 1.165) is 19.1 Å². The molecule has 26 heavy (non-hydrogen) atoms. The van der Waals surface area contributed by atoms with E-state index in [0.29, 0.717) is 29.4 Å². The van der Waals surface area contributed by atoms with Gasteiger partial charge in [0.15, 0.2) is 9.84 Å². The third kappa shape index (κ3) is 4.73. The van der Waals surface area contributed by atoms with Crippen molar-refractivity contribution in [3.63, 3.8) is 0 Å². The Morgan fingerprint density at radius 3 is 2.88 bits per heavy atom. The monoisotopic (exact) mass is 397 g/mol. The van der Waals surface area contributed by atoms with Crippen molar-refractivity contribution in [2.75, 3.05) is 24.7 Å². The first-order valence-electron chi connectivity index (χ1n) is 8.20. The van der Waals surface area contributed by atoms with Gasteiger partial charge in [-0.15, -0.1) is 5.10 Å². The summed E-state index contributed by atoms with van der Waals surface area (Å²) in [5.41, 5.74) is 1.04. The van der Waals surface area contributed by atoms with E-state index in [1.807, 2.05) is 0 Å². The predicted octanol–water partition coefficient (Wildman–Crippen LogP) is 2.35. The van der Waals surface area contributed by atoms with E-state index < -0.39 is 9.84 Å². The molecule has 0 bridgehead atoms. The second-order valence-electron chi connectivity index (χ2n) is 6.43. The number of carbonyl (C=O) groups is 1. The van der Waals surface area contributed by atoms with Crippen LogP contribution in [0.5, 0.6) is 0 Å². The molecular weight excluding hydrogens is 378 g/mol. The van der Waals surface area contributed by atoms with Crippen molar-refractivity contribution in [3.8, 4) is 0 Å². The number of piperidine rings is 1. The molecule has 1 aromatic carbocycles. The summed E-state index contributed by atoms with van der Waals surface area (Å²) in [6.07, 6.45) is 6.40.